The molecule has 0 aliphatic rings. The van der Waals surface area contributed by atoms with Crippen molar-refractivity contribution < 1.29 is 9.90 Å². The summed E-state index contributed by atoms with van der Waals surface area (Å²) in [5.41, 5.74) is 2.53. The lowest BCUT2D eigenvalue weighted by molar-refractivity contribution is -0.136. The number of rotatable bonds is 5. The van der Waals surface area contributed by atoms with E-state index in [-0.39, 0.29) is 12.3 Å². The Labute approximate surface area is 140 Å². The molecule has 2 aromatic carbocycles. The van der Waals surface area contributed by atoms with E-state index in [4.69, 9.17) is 5.11 Å². The summed E-state index contributed by atoms with van der Waals surface area (Å²) in [4.78, 5) is 20.0. The van der Waals surface area contributed by atoms with Gasteiger partial charge in [-0.3, -0.25) is 4.79 Å². The molecule has 0 bridgehead atoms. The highest BCUT2D eigenvalue weighted by atomic mass is 16.4. The van der Waals surface area contributed by atoms with E-state index in [0.29, 0.717) is 0 Å². The Kier molecular flexibility index (Phi) is 4.42. The molecule has 0 fully saturated rings. The predicted octanol–water partition coefficient (Wildman–Crippen LogP) is 4.12. The van der Waals surface area contributed by atoms with Crippen LogP contribution in [0.5, 0.6) is 0 Å². The van der Waals surface area contributed by atoms with Crippen LogP contribution < -0.4 is 5.32 Å². The number of nitrogens with zero attached hydrogens (tertiary/aromatic N) is 2. The molecule has 0 saturated heterocycles. The van der Waals surface area contributed by atoms with Crippen molar-refractivity contribution >= 4 is 28.4 Å². The van der Waals surface area contributed by atoms with Crippen LogP contribution in [0.15, 0.2) is 48.5 Å². The lowest BCUT2D eigenvalue weighted by atomic mass is 10.1. The summed E-state index contributed by atoms with van der Waals surface area (Å²) in [5, 5.41) is 13.1. The summed E-state index contributed by atoms with van der Waals surface area (Å²) in [6, 6.07) is 15.2. The molecule has 2 N–H and O–H groups in total. The molecule has 1 aromatic heterocycles. The molecule has 122 valence electrons. The molecule has 3 aromatic rings. The highest BCUT2D eigenvalue weighted by Gasteiger charge is 2.10. The van der Waals surface area contributed by atoms with Gasteiger partial charge in [0.25, 0.3) is 0 Å². The summed E-state index contributed by atoms with van der Waals surface area (Å²) in [7, 11) is 0. The van der Waals surface area contributed by atoms with E-state index in [9.17, 15) is 4.79 Å². The first kappa shape index (κ1) is 15.9. The molecule has 0 unspecified atom stereocenters. The van der Waals surface area contributed by atoms with Crippen molar-refractivity contribution in [3.8, 4) is 0 Å². The maximum absolute atomic E-state index is 10.8. The third-order valence-corrected chi connectivity index (χ3v) is 3.71. The van der Waals surface area contributed by atoms with Gasteiger partial charge in [-0.25, -0.2) is 9.97 Å². The van der Waals surface area contributed by atoms with Crippen LogP contribution in [0, 0.1) is 0 Å². The van der Waals surface area contributed by atoms with Crippen LogP contribution in [0.2, 0.25) is 0 Å². The van der Waals surface area contributed by atoms with Gasteiger partial charge in [0.2, 0.25) is 0 Å². The van der Waals surface area contributed by atoms with Gasteiger partial charge in [-0.1, -0.05) is 38.1 Å². The van der Waals surface area contributed by atoms with Gasteiger partial charge in [0, 0.05) is 17.0 Å². The van der Waals surface area contributed by atoms with Crippen LogP contribution in [0.1, 0.15) is 31.2 Å². The fourth-order valence-electron chi connectivity index (χ4n) is 2.47. The predicted molar refractivity (Wildman–Crippen MR) is 94.7 cm³/mol. The molecule has 3 rings (SSSR count). The molecule has 0 radical (unpaired) electrons. The number of anilines is 2. The monoisotopic (exact) mass is 321 g/mol. The summed E-state index contributed by atoms with van der Waals surface area (Å²) in [6.45, 7) is 4.13. The summed E-state index contributed by atoms with van der Waals surface area (Å²) < 4.78 is 0. The topological polar surface area (TPSA) is 75.1 Å². The Hall–Kier alpha value is -2.95. The average molecular weight is 321 g/mol. The molecule has 5 nitrogen and oxygen atoms in total. The minimum atomic E-state index is -0.834. The SMILES string of the molecule is CC(C)c1nc(Nc2ccc(CC(=O)O)cc2)c2ccccc2n1. The van der Waals surface area contributed by atoms with Crippen molar-refractivity contribution in [2.45, 2.75) is 26.2 Å². The molecular weight excluding hydrogens is 302 g/mol. The largest absolute Gasteiger partial charge is 0.481 e. The third kappa shape index (κ3) is 3.51. The Morgan fingerprint density at radius 2 is 1.79 bits per heavy atom. The maximum atomic E-state index is 10.8. The van der Waals surface area contributed by atoms with E-state index in [1.807, 2.05) is 48.5 Å². The van der Waals surface area contributed by atoms with Crippen LogP contribution in [0.4, 0.5) is 11.5 Å². The van der Waals surface area contributed by atoms with Crippen LogP contribution in [0.25, 0.3) is 10.9 Å². The van der Waals surface area contributed by atoms with Crippen molar-refractivity contribution in [3.05, 3.63) is 59.9 Å². The van der Waals surface area contributed by atoms with E-state index in [0.717, 1.165) is 33.8 Å². The highest BCUT2D eigenvalue weighted by Crippen LogP contribution is 2.26. The molecular formula is C19H19N3O2. The summed E-state index contributed by atoms with van der Waals surface area (Å²) >= 11 is 0. The van der Waals surface area contributed by atoms with Crippen molar-refractivity contribution in [1.29, 1.82) is 0 Å². The molecule has 0 aliphatic carbocycles. The lowest BCUT2D eigenvalue weighted by Crippen LogP contribution is -2.03. The molecule has 0 amide bonds. The number of nitrogens with one attached hydrogen (secondary N) is 1. The number of carboxylic acids is 1. The number of hydrogen-bond donors (Lipinski definition) is 2. The Morgan fingerprint density at radius 3 is 2.46 bits per heavy atom. The number of carboxylic acid groups (broad SMARTS) is 1. The molecule has 1 heterocycles. The number of benzene rings is 2. The van der Waals surface area contributed by atoms with Crippen LogP contribution in [-0.2, 0) is 11.2 Å². The maximum Gasteiger partial charge on any atom is 0.307 e. The molecule has 5 heteroatoms. The van der Waals surface area contributed by atoms with Crippen molar-refractivity contribution in [1.82, 2.24) is 9.97 Å². The zero-order chi connectivity index (χ0) is 17.1. The number of hydrogen-bond acceptors (Lipinski definition) is 4. The molecule has 0 atom stereocenters. The number of fused-ring (bicyclic) bond motifs is 1. The fourth-order valence-corrected chi connectivity index (χ4v) is 2.47. The first-order valence-corrected chi connectivity index (χ1v) is 7.87. The van der Waals surface area contributed by atoms with Gasteiger partial charge < -0.3 is 10.4 Å². The first-order valence-electron chi connectivity index (χ1n) is 7.87. The van der Waals surface area contributed by atoms with Crippen LogP contribution in [-0.4, -0.2) is 21.0 Å². The van der Waals surface area contributed by atoms with E-state index >= 15 is 0 Å². The smallest absolute Gasteiger partial charge is 0.307 e. The number of aromatic nitrogens is 2. The minimum absolute atomic E-state index is 0.0220. The summed E-state index contributed by atoms with van der Waals surface area (Å²) in [5.74, 6) is 0.946. The van der Waals surface area contributed by atoms with E-state index < -0.39 is 5.97 Å². The summed E-state index contributed by atoms with van der Waals surface area (Å²) in [6.07, 6.45) is 0.0220. The Morgan fingerprint density at radius 1 is 1.08 bits per heavy atom. The Balaban J connectivity index is 1.95. The normalized spacial score (nSPS) is 11.0. The van der Waals surface area contributed by atoms with Gasteiger partial charge in [0.15, 0.2) is 0 Å². The van der Waals surface area contributed by atoms with E-state index in [2.05, 4.69) is 29.1 Å². The number of carbonyl (C=O) groups is 1. The van der Waals surface area contributed by atoms with Crippen molar-refractivity contribution in [3.63, 3.8) is 0 Å². The second kappa shape index (κ2) is 6.66. The minimum Gasteiger partial charge on any atom is -0.481 e. The number of aliphatic carboxylic acids is 1. The zero-order valence-electron chi connectivity index (χ0n) is 13.7. The van der Waals surface area contributed by atoms with Gasteiger partial charge in [-0.05, 0) is 29.8 Å². The van der Waals surface area contributed by atoms with Crippen LogP contribution in [0.3, 0.4) is 0 Å². The molecule has 24 heavy (non-hydrogen) atoms. The molecule has 0 aliphatic heterocycles. The van der Waals surface area contributed by atoms with Gasteiger partial charge in [-0.15, -0.1) is 0 Å². The molecule has 0 saturated carbocycles. The van der Waals surface area contributed by atoms with Gasteiger partial charge in [0.1, 0.15) is 11.6 Å². The molecule has 0 spiro atoms. The van der Waals surface area contributed by atoms with Gasteiger partial charge >= 0.3 is 5.97 Å². The van der Waals surface area contributed by atoms with Gasteiger partial charge in [-0.2, -0.15) is 0 Å². The van der Waals surface area contributed by atoms with E-state index in [1.165, 1.54) is 0 Å². The van der Waals surface area contributed by atoms with Crippen molar-refractivity contribution in [2.75, 3.05) is 5.32 Å². The van der Waals surface area contributed by atoms with E-state index in [1.54, 1.807) is 0 Å². The Bertz CT molecular complexity index is 873. The average Bonchev–Trinajstić information content (AvgIpc) is 2.56. The second-order valence-corrected chi connectivity index (χ2v) is 5.99. The number of para-hydroxylation sites is 1. The lowest BCUT2D eigenvalue weighted by Gasteiger charge is -2.12. The fraction of sp³-hybridized carbons (Fsp3) is 0.211. The standard InChI is InChI=1S/C19H19N3O2/c1-12(2)18-21-16-6-4-3-5-15(16)19(22-18)20-14-9-7-13(8-10-14)11-17(23)24/h3-10,12H,11H2,1-2H3,(H,23,24)(H,20,21,22). The van der Waals surface area contributed by atoms with Crippen LogP contribution >= 0.6 is 0 Å². The quantitative estimate of drug-likeness (QED) is 0.739. The first-order chi connectivity index (χ1) is 11.5. The highest BCUT2D eigenvalue weighted by molar-refractivity contribution is 5.90. The van der Waals surface area contributed by atoms with Gasteiger partial charge in [0.05, 0.1) is 11.9 Å². The van der Waals surface area contributed by atoms with Crippen molar-refractivity contribution in [2.24, 2.45) is 0 Å². The zero-order valence-corrected chi connectivity index (χ0v) is 13.7. The third-order valence-electron chi connectivity index (χ3n) is 3.71. The second-order valence-electron chi connectivity index (χ2n) is 5.99.